The van der Waals surface area contributed by atoms with Crippen LogP contribution in [-0.4, -0.2) is 27.2 Å². The fourth-order valence-corrected chi connectivity index (χ4v) is 5.96. The Morgan fingerprint density at radius 3 is 2.29 bits per heavy atom. The van der Waals surface area contributed by atoms with Gasteiger partial charge >= 0.3 is 0 Å². The zero-order chi connectivity index (χ0) is 29.4. The number of halogens is 5. The molecule has 208 valence electrons. The van der Waals surface area contributed by atoms with E-state index in [1.54, 1.807) is 48.5 Å². The van der Waals surface area contributed by atoms with E-state index in [4.69, 9.17) is 46.4 Å². The zero-order valence-corrected chi connectivity index (χ0v) is 25.4. The van der Waals surface area contributed by atoms with Crippen LogP contribution >= 0.6 is 58.2 Å². The van der Waals surface area contributed by atoms with Crippen molar-refractivity contribution < 1.29 is 14.0 Å². The van der Waals surface area contributed by atoms with Crippen molar-refractivity contribution in [2.45, 2.75) is 13.8 Å². The van der Waals surface area contributed by atoms with E-state index >= 15 is 0 Å². The van der Waals surface area contributed by atoms with Crippen molar-refractivity contribution in [3.8, 4) is 5.69 Å². The molecule has 0 spiro atoms. The molecule has 2 heterocycles. The molecule has 4 aromatic rings. The third-order valence-corrected chi connectivity index (χ3v) is 8.81. The first-order valence-corrected chi connectivity index (χ1v) is 14.7. The van der Waals surface area contributed by atoms with Crippen molar-refractivity contribution in [1.82, 2.24) is 4.57 Å². The van der Waals surface area contributed by atoms with Gasteiger partial charge < -0.3 is 4.57 Å². The molecule has 1 amide bonds. The van der Waals surface area contributed by atoms with Crippen molar-refractivity contribution in [3.05, 3.63) is 121 Å². The lowest BCUT2D eigenvalue weighted by Gasteiger charge is -2.18. The normalized spacial score (nSPS) is 14.2. The molecule has 0 fully saturated rings. The Morgan fingerprint density at radius 1 is 0.927 bits per heavy atom. The average Bonchev–Trinajstić information content (AvgIpc) is 3.41. The standard InChI is InChI=1S/C30H20Cl4FN3O2S/c1-16-11-20(17(2)37(16)19-8-10-22(32)24(34)14-19)28(39)15-41-30-36-26(13-18-7-9-21(31)23(33)12-18)29(40)38(30)27-6-4-3-5-25(27)35/h3-14H,15H2,1-2H3. The van der Waals surface area contributed by atoms with Crippen molar-refractivity contribution >= 4 is 86.8 Å². The minimum absolute atomic E-state index is 0.0338. The third kappa shape index (κ3) is 5.96. The van der Waals surface area contributed by atoms with Crippen molar-refractivity contribution in [2.24, 2.45) is 4.99 Å². The monoisotopic (exact) mass is 645 g/mol. The van der Waals surface area contributed by atoms with Gasteiger partial charge in [0.25, 0.3) is 5.91 Å². The van der Waals surface area contributed by atoms with E-state index in [2.05, 4.69) is 4.99 Å². The van der Waals surface area contributed by atoms with Crippen LogP contribution < -0.4 is 4.90 Å². The molecule has 0 radical (unpaired) electrons. The van der Waals surface area contributed by atoms with Gasteiger partial charge in [-0.3, -0.25) is 14.5 Å². The number of hydrogen-bond donors (Lipinski definition) is 0. The lowest BCUT2D eigenvalue weighted by Crippen LogP contribution is -2.31. The Morgan fingerprint density at radius 2 is 1.61 bits per heavy atom. The number of ketones is 1. The number of aryl methyl sites for hydroxylation is 1. The van der Waals surface area contributed by atoms with E-state index < -0.39 is 11.7 Å². The molecule has 0 saturated carbocycles. The molecule has 0 aliphatic carbocycles. The maximum atomic E-state index is 14.8. The van der Waals surface area contributed by atoms with Gasteiger partial charge in [0.15, 0.2) is 11.0 Å². The summed E-state index contributed by atoms with van der Waals surface area (Å²) in [5, 5.41) is 1.71. The smallest absolute Gasteiger partial charge is 0.283 e. The number of amides is 1. The van der Waals surface area contributed by atoms with Crippen LogP contribution in [0.4, 0.5) is 10.1 Å². The van der Waals surface area contributed by atoms with Crippen LogP contribution in [0.3, 0.4) is 0 Å². The van der Waals surface area contributed by atoms with Crippen molar-refractivity contribution in [2.75, 3.05) is 10.7 Å². The molecule has 5 rings (SSSR count). The number of rotatable bonds is 6. The molecule has 1 aliphatic heterocycles. The number of thioether (sulfide) groups is 1. The van der Waals surface area contributed by atoms with Gasteiger partial charge in [-0.1, -0.05) is 76.4 Å². The van der Waals surface area contributed by atoms with Crippen LogP contribution in [0.1, 0.15) is 27.3 Å². The molecular weight excluding hydrogens is 627 g/mol. The summed E-state index contributed by atoms with van der Waals surface area (Å²) in [6.07, 6.45) is 1.54. The van der Waals surface area contributed by atoms with Gasteiger partial charge in [0, 0.05) is 22.6 Å². The fraction of sp³-hybridized carbons (Fsp3) is 0.100. The summed E-state index contributed by atoms with van der Waals surface area (Å²) in [6.45, 7) is 3.73. The topological polar surface area (TPSA) is 54.7 Å². The van der Waals surface area contributed by atoms with Gasteiger partial charge in [0.05, 0.1) is 31.5 Å². The largest absolute Gasteiger partial charge is 0.318 e. The molecule has 5 nitrogen and oxygen atoms in total. The summed E-state index contributed by atoms with van der Waals surface area (Å²) in [7, 11) is 0. The first-order valence-electron chi connectivity index (χ1n) is 12.2. The number of anilines is 1. The fourth-order valence-electron chi connectivity index (χ4n) is 4.47. The molecule has 1 aromatic heterocycles. The van der Waals surface area contributed by atoms with E-state index in [-0.39, 0.29) is 28.1 Å². The average molecular weight is 647 g/mol. The quantitative estimate of drug-likeness (QED) is 0.155. The number of para-hydroxylation sites is 1. The maximum Gasteiger partial charge on any atom is 0.283 e. The Balaban J connectivity index is 1.45. The van der Waals surface area contributed by atoms with Crippen LogP contribution in [0, 0.1) is 19.7 Å². The predicted octanol–water partition coefficient (Wildman–Crippen LogP) is 9.21. The molecule has 41 heavy (non-hydrogen) atoms. The Hall–Kier alpha value is -3.07. The molecule has 0 unspecified atom stereocenters. The Labute approximate surface area is 260 Å². The molecular formula is C30H20Cl4FN3O2S. The Bertz CT molecular complexity index is 1780. The van der Waals surface area contributed by atoms with E-state index in [9.17, 15) is 14.0 Å². The molecule has 0 saturated heterocycles. The lowest BCUT2D eigenvalue weighted by atomic mass is 10.2. The van der Waals surface area contributed by atoms with Gasteiger partial charge in [0.2, 0.25) is 0 Å². The molecule has 1 aliphatic rings. The highest BCUT2D eigenvalue weighted by atomic mass is 35.5. The van der Waals surface area contributed by atoms with E-state index in [1.807, 2.05) is 24.5 Å². The number of Topliss-reactive ketones (excluding diaryl/α,β-unsaturated/α-hetero) is 1. The number of aromatic nitrogens is 1. The highest BCUT2D eigenvalue weighted by Crippen LogP contribution is 2.33. The van der Waals surface area contributed by atoms with Crippen LogP contribution in [-0.2, 0) is 4.79 Å². The first kappa shape index (κ1) is 29.4. The molecule has 11 heteroatoms. The summed E-state index contributed by atoms with van der Waals surface area (Å²) in [6, 6.07) is 17.9. The molecule has 0 bridgehead atoms. The van der Waals surface area contributed by atoms with Crippen LogP contribution in [0.2, 0.25) is 20.1 Å². The van der Waals surface area contributed by atoms with Crippen LogP contribution in [0.15, 0.2) is 77.4 Å². The second-order valence-electron chi connectivity index (χ2n) is 9.12. The van der Waals surface area contributed by atoms with Crippen molar-refractivity contribution in [1.29, 1.82) is 0 Å². The minimum Gasteiger partial charge on any atom is -0.318 e. The summed E-state index contributed by atoms with van der Waals surface area (Å²) >= 11 is 25.5. The van der Waals surface area contributed by atoms with E-state index in [0.717, 1.165) is 28.8 Å². The maximum absolute atomic E-state index is 14.8. The van der Waals surface area contributed by atoms with Gasteiger partial charge in [-0.25, -0.2) is 9.38 Å². The summed E-state index contributed by atoms with van der Waals surface area (Å²) in [5.41, 5.74) is 3.54. The number of carbonyl (C=O) groups excluding carboxylic acids is 2. The van der Waals surface area contributed by atoms with Gasteiger partial charge in [0.1, 0.15) is 11.5 Å². The second kappa shape index (κ2) is 12.0. The number of amidine groups is 1. The molecule has 0 atom stereocenters. The molecule has 3 aromatic carbocycles. The van der Waals surface area contributed by atoms with E-state index in [1.165, 1.54) is 23.1 Å². The zero-order valence-electron chi connectivity index (χ0n) is 21.6. The van der Waals surface area contributed by atoms with E-state index in [0.29, 0.717) is 31.2 Å². The van der Waals surface area contributed by atoms with Crippen LogP contribution in [0.5, 0.6) is 0 Å². The van der Waals surface area contributed by atoms with Gasteiger partial charge in [-0.05, 0) is 74.0 Å². The number of carbonyl (C=O) groups is 2. The Kier molecular flexibility index (Phi) is 8.64. The second-order valence-corrected chi connectivity index (χ2v) is 11.7. The van der Waals surface area contributed by atoms with Crippen LogP contribution in [0.25, 0.3) is 11.8 Å². The van der Waals surface area contributed by atoms with Gasteiger partial charge in [-0.15, -0.1) is 0 Å². The summed E-state index contributed by atoms with van der Waals surface area (Å²) in [4.78, 5) is 32.5. The number of benzene rings is 3. The number of hydrogen-bond acceptors (Lipinski definition) is 4. The highest BCUT2D eigenvalue weighted by Gasteiger charge is 2.34. The van der Waals surface area contributed by atoms with Crippen molar-refractivity contribution in [3.63, 3.8) is 0 Å². The minimum atomic E-state index is -0.596. The predicted molar refractivity (Wildman–Crippen MR) is 168 cm³/mol. The number of nitrogens with zero attached hydrogens (tertiary/aromatic N) is 3. The molecule has 0 N–H and O–H groups in total. The highest BCUT2D eigenvalue weighted by molar-refractivity contribution is 8.14. The lowest BCUT2D eigenvalue weighted by molar-refractivity contribution is -0.113. The summed E-state index contributed by atoms with van der Waals surface area (Å²) < 4.78 is 16.7. The number of aliphatic imine (C=N–C) groups is 1. The SMILES string of the molecule is Cc1cc(C(=O)CSC2=NC(=Cc3ccc(Cl)c(Cl)c3)C(=O)N2c2ccccc2F)c(C)n1-c1ccc(Cl)c(Cl)c1. The van der Waals surface area contributed by atoms with Gasteiger partial charge in [-0.2, -0.15) is 0 Å². The third-order valence-electron chi connectivity index (χ3n) is 6.40. The summed E-state index contributed by atoms with van der Waals surface area (Å²) in [5.74, 6) is -1.35. The first-order chi connectivity index (χ1) is 19.5.